The molecule has 0 aromatic heterocycles. The first-order chi connectivity index (χ1) is 15.9. The van der Waals surface area contributed by atoms with Gasteiger partial charge in [-0.3, -0.25) is 9.59 Å². The third kappa shape index (κ3) is 4.82. The predicted octanol–water partition coefficient (Wildman–Crippen LogP) is 4.65. The van der Waals surface area contributed by atoms with Crippen molar-refractivity contribution in [1.82, 2.24) is 4.90 Å². The minimum absolute atomic E-state index is 0.0779. The number of anilines is 1. The van der Waals surface area contributed by atoms with E-state index in [2.05, 4.69) is 11.9 Å². The lowest BCUT2D eigenvalue weighted by Gasteiger charge is -2.24. The first-order valence-corrected chi connectivity index (χ1v) is 11.4. The molecular formula is C26H30N2O5. The monoisotopic (exact) mass is 450 g/mol. The number of carbonyl (C=O) groups is 2. The van der Waals surface area contributed by atoms with Crippen molar-refractivity contribution in [2.24, 2.45) is 5.92 Å². The zero-order valence-corrected chi connectivity index (χ0v) is 18.9. The molecule has 2 aliphatic rings. The number of phenols is 2. The molecule has 1 fully saturated rings. The lowest BCUT2D eigenvalue weighted by atomic mass is 9.90. The Morgan fingerprint density at radius 1 is 1.12 bits per heavy atom. The quantitative estimate of drug-likeness (QED) is 0.557. The highest BCUT2D eigenvalue weighted by molar-refractivity contribution is 6.01. The Labute approximate surface area is 193 Å². The summed E-state index contributed by atoms with van der Waals surface area (Å²) >= 11 is 0. The molecule has 2 aromatic rings. The van der Waals surface area contributed by atoms with Gasteiger partial charge in [-0.1, -0.05) is 31.9 Å². The normalized spacial score (nSPS) is 15.7. The highest BCUT2D eigenvalue weighted by atomic mass is 16.5. The highest BCUT2D eigenvalue weighted by Gasteiger charge is 2.31. The Hall–Kier alpha value is -3.48. The van der Waals surface area contributed by atoms with Gasteiger partial charge in [0.2, 0.25) is 5.91 Å². The van der Waals surface area contributed by atoms with Crippen molar-refractivity contribution in [1.29, 1.82) is 0 Å². The molecular weight excluding hydrogens is 420 g/mol. The number of amides is 2. The number of phenolic OH excluding ortho intramolecular Hbond substituents is 2. The van der Waals surface area contributed by atoms with Crippen LogP contribution in [0.15, 0.2) is 36.9 Å². The Balaban J connectivity index is 1.56. The third-order valence-corrected chi connectivity index (χ3v) is 6.55. The third-order valence-electron chi connectivity index (χ3n) is 6.55. The predicted molar refractivity (Wildman–Crippen MR) is 125 cm³/mol. The summed E-state index contributed by atoms with van der Waals surface area (Å²) < 4.78 is 6.08. The van der Waals surface area contributed by atoms with Crippen LogP contribution in [-0.4, -0.2) is 33.5 Å². The minimum atomic E-state index is -0.359. The first kappa shape index (κ1) is 22.7. The summed E-state index contributed by atoms with van der Waals surface area (Å²) in [6, 6.07) is 6.70. The molecule has 0 spiro atoms. The Morgan fingerprint density at radius 3 is 2.58 bits per heavy atom. The summed E-state index contributed by atoms with van der Waals surface area (Å²) in [4.78, 5) is 26.7. The summed E-state index contributed by atoms with van der Waals surface area (Å²) in [6.45, 7) is 6.32. The van der Waals surface area contributed by atoms with E-state index in [0.29, 0.717) is 36.9 Å². The molecule has 3 N–H and O–H groups in total. The lowest BCUT2D eigenvalue weighted by Crippen LogP contribution is -2.26. The van der Waals surface area contributed by atoms with Crippen molar-refractivity contribution >= 4 is 17.5 Å². The SMILES string of the molecule is C=CC(=O)Nc1ccc2c(c1)CN(C(=O)c1c(O)cc(O)c(C)c1OCC1CCCCC1)C2. The second-order valence-corrected chi connectivity index (χ2v) is 8.90. The zero-order valence-electron chi connectivity index (χ0n) is 18.9. The van der Waals surface area contributed by atoms with Crippen LogP contribution in [0.2, 0.25) is 0 Å². The maximum Gasteiger partial charge on any atom is 0.262 e. The molecule has 0 saturated heterocycles. The second kappa shape index (κ2) is 9.57. The molecule has 2 amide bonds. The van der Waals surface area contributed by atoms with Crippen LogP contribution < -0.4 is 10.1 Å². The van der Waals surface area contributed by atoms with Crippen molar-refractivity contribution < 1.29 is 24.5 Å². The van der Waals surface area contributed by atoms with E-state index in [0.717, 1.165) is 24.0 Å². The number of nitrogens with one attached hydrogen (secondary N) is 1. The van der Waals surface area contributed by atoms with E-state index in [1.165, 1.54) is 31.4 Å². The van der Waals surface area contributed by atoms with E-state index in [4.69, 9.17) is 4.74 Å². The smallest absolute Gasteiger partial charge is 0.262 e. The standard InChI is InChI=1S/C26H30N2O5/c1-3-23(31)27-20-10-9-18-13-28(14-19(18)11-20)26(32)24-22(30)12-21(29)16(2)25(24)33-15-17-7-5-4-6-8-17/h3,9-12,17,29-30H,1,4-8,13-15H2,2H3,(H,27,31). The number of hydrogen-bond donors (Lipinski definition) is 3. The average molecular weight is 451 g/mol. The van der Waals surface area contributed by atoms with Crippen molar-refractivity contribution in [3.8, 4) is 17.2 Å². The number of ether oxygens (including phenoxy) is 1. The van der Waals surface area contributed by atoms with E-state index >= 15 is 0 Å². The molecule has 1 aliphatic heterocycles. The van der Waals surface area contributed by atoms with Crippen molar-refractivity contribution in [3.05, 3.63) is 59.2 Å². The van der Waals surface area contributed by atoms with Gasteiger partial charge in [-0.15, -0.1) is 0 Å². The maximum absolute atomic E-state index is 13.5. The molecule has 0 bridgehead atoms. The lowest BCUT2D eigenvalue weighted by molar-refractivity contribution is -0.111. The first-order valence-electron chi connectivity index (χ1n) is 11.4. The summed E-state index contributed by atoms with van der Waals surface area (Å²) in [5.41, 5.74) is 3.05. The molecule has 7 nitrogen and oxygen atoms in total. The number of rotatable bonds is 6. The fourth-order valence-corrected chi connectivity index (χ4v) is 4.64. The molecule has 0 unspecified atom stereocenters. The van der Waals surface area contributed by atoms with Gasteiger partial charge in [0.25, 0.3) is 5.91 Å². The van der Waals surface area contributed by atoms with Crippen molar-refractivity contribution in [2.45, 2.75) is 52.1 Å². The topological polar surface area (TPSA) is 99.1 Å². The fraction of sp³-hybridized carbons (Fsp3) is 0.385. The number of nitrogens with zero attached hydrogens (tertiary/aromatic N) is 1. The Morgan fingerprint density at radius 2 is 1.85 bits per heavy atom. The fourth-order valence-electron chi connectivity index (χ4n) is 4.64. The van der Waals surface area contributed by atoms with Gasteiger partial charge in [0, 0.05) is 30.4 Å². The number of aromatic hydroxyl groups is 2. The average Bonchev–Trinajstić information content (AvgIpc) is 3.24. The van der Waals surface area contributed by atoms with Crippen LogP contribution in [-0.2, 0) is 17.9 Å². The number of carbonyl (C=O) groups excluding carboxylic acids is 2. The number of fused-ring (bicyclic) bond motifs is 1. The van der Waals surface area contributed by atoms with Gasteiger partial charge >= 0.3 is 0 Å². The van der Waals surface area contributed by atoms with Gasteiger partial charge in [0.15, 0.2) is 0 Å². The van der Waals surface area contributed by atoms with Gasteiger partial charge in [-0.25, -0.2) is 0 Å². The van der Waals surface area contributed by atoms with Gasteiger partial charge in [-0.2, -0.15) is 0 Å². The van der Waals surface area contributed by atoms with Crippen LogP contribution in [0.4, 0.5) is 5.69 Å². The summed E-state index contributed by atoms with van der Waals surface area (Å²) in [5.74, 6) is -0.400. The summed E-state index contributed by atoms with van der Waals surface area (Å²) in [7, 11) is 0. The van der Waals surface area contributed by atoms with Crippen LogP contribution >= 0.6 is 0 Å². The molecule has 33 heavy (non-hydrogen) atoms. The molecule has 0 radical (unpaired) electrons. The van der Waals surface area contributed by atoms with Crippen LogP contribution in [0.25, 0.3) is 0 Å². The van der Waals surface area contributed by atoms with E-state index in [1.807, 2.05) is 12.1 Å². The minimum Gasteiger partial charge on any atom is -0.507 e. The van der Waals surface area contributed by atoms with E-state index < -0.39 is 0 Å². The molecule has 2 aromatic carbocycles. The Bertz CT molecular complexity index is 1090. The summed E-state index contributed by atoms with van der Waals surface area (Å²) in [6.07, 6.45) is 6.95. The van der Waals surface area contributed by atoms with E-state index in [-0.39, 0.29) is 34.6 Å². The number of hydrogen-bond acceptors (Lipinski definition) is 5. The second-order valence-electron chi connectivity index (χ2n) is 8.90. The molecule has 0 atom stereocenters. The van der Waals surface area contributed by atoms with Gasteiger partial charge in [-0.05, 0) is 55.0 Å². The molecule has 1 aliphatic carbocycles. The highest BCUT2D eigenvalue weighted by Crippen LogP contribution is 2.40. The molecule has 1 saturated carbocycles. The maximum atomic E-state index is 13.5. The molecule has 1 heterocycles. The largest absolute Gasteiger partial charge is 0.507 e. The van der Waals surface area contributed by atoms with Crippen molar-refractivity contribution in [2.75, 3.05) is 11.9 Å². The summed E-state index contributed by atoms with van der Waals surface area (Å²) in [5, 5.41) is 23.6. The van der Waals surface area contributed by atoms with Crippen LogP contribution in [0, 0.1) is 12.8 Å². The van der Waals surface area contributed by atoms with Crippen LogP contribution in [0.3, 0.4) is 0 Å². The van der Waals surface area contributed by atoms with E-state index in [1.54, 1.807) is 17.9 Å². The van der Waals surface area contributed by atoms with Gasteiger partial charge in [0.1, 0.15) is 22.8 Å². The van der Waals surface area contributed by atoms with E-state index in [9.17, 15) is 19.8 Å². The molecule has 7 heteroatoms. The van der Waals surface area contributed by atoms with Crippen molar-refractivity contribution in [3.63, 3.8) is 0 Å². The van der Waals surface area contributed by atoms with Crippen LogP contribution in [0.1, 0.15) is 59.2 Å². The van der Waals surface area contributed by atoms with Gasteiger partial charge in [0.05, 0.1) is 6.61 Å². The van der Waals surface area contributed by atoms with Gasteiger partial charge < -0.3 is 25.2 Å². The molecule has 4 rings (SSSR count). The zero-order chi connectivity index (χ0) is 23.5. The van der Waals surface area contributed by atoms with Crippen LogP contribution in [0.5, 0.6) is 17.2 Å². The molecule has 174 valence electrons. The number of benzene rings is 2. The Kier molecular flexibility index (Phi) is 6.58.